The van der Waals surface area contributed by atoms with Gasteiger partial charge < -0.3 is 15.6 Å². The first kappa shape index (κ1) is 25.8. The lowest BCUT2D eigenvalue weighted by atomic mass is 9.99. The number of imidazole rings is 1. The van der Waals surface area contributed by atoms with E-state index in [1.807, 2.05) is 18.5 Å². The van der Waals surface area contributed by atoms with E-state index in [0.717, 1.165) is 35.5 Å². The molecule has 3 aliphatic heterocycles. The molecule has 3 N–H and O–H groups in total. The van der Waals surface area contributed by atoms with Crippen LogP contribution in [-0.2, 0) is 0 Å². The molecule has 39 heavy (non-hydrogen) atoms. The summed E-state index contributed by atoms with van der Waals surface area (Å²) in [6.45, 7) is 12.4. The number of H-pyrrole nitrogens is 1. The monoisotopic (exact) mass is 518 g/mol. The van der Waals surface area contributed by atoms with Crippen molar-refractivity contribution >= 4 is 17.0 Å². The van der Waals surface area contributed by atoms with Crippen LogP contribution in [0.1, 0.15) is 44.1 Å². The van der Waals surface area contributed by atoms with E-state index in [1.54, 1.807) is 0 Å². The molecule has 200 valence electrons. The van der Waals surface area contributed by atoms with Crippen molar-refractivity contribution in [3.05, 3.63) is 79.3 Å². The minimum atomic E-state index is 0.0154. The molecule has 4 heterocycles. The second-order valence-corrected chi connectivity index (χ2v) is 11.4. The molecule has 0 aliphatic carbocycles. The zero-order valence-electron chi connectivity index (χ0n) is 23.1. The summed E-state index contributed by atoms with van der Waals surface area (Å²) in [5, 5.41) is 9.69. The molecule has 2 aromatic carbocycles. The van der Waals surface area contributed by atoms with Crippen LogP contribution in [0.3, 0.4) is 0 Å². The van der Waals surface area contributed by atoms with Crippen LogP contribution in [0.2, 0.25) is 0 Å². The summed E-state index contributed by atoms with van der Waals surface area (Å²) in [6, 6.07) is 14.4. The molecule has 2 saturated heterocycles. The first-order valence-corrected chi connectivity index (χ1v) is 14.1. The second-order valence-electron chi connectivity index (χ2n) is 11.4. The van der Waals surface area contributed by atoms with Gasteiger partial charge in [-0.15, -0.1) is 13.2 Å². The van der Waals surface area contributed by atoms with Gasteiger partial charge in [-0.05, 0) is 74.5 Å². The van der Waals surface area contributed by atoms with Crippen LogP contribution in [0.5, 0.6) is 0 Å². The first-order chi connectivity index (χ1) is 18.9. The van der Waals surface area contributed by atoms with E-state index >= 15 is 0 Å². The van der Waals surface area contributed by atoms with Crippen molar-refractivity contribution in [2.24, 2.45) is 16.8 Å². The Bertz CT molecular complexity index is 1470. The summed E-state index contributed by atoms with van der Waals surface area (Å²) in [5.41, 5.74) is 3.19. The van der Waals surface area contributed by atoms with E-state index in [4.69, 9.17) is 4.99 Å². The molecule has 6 heteroatoms. The lowest BCUT2D eigenvalue weighted by Crippen LogP contribution is -2.46. The molecule has 0 saturated carbocycles. The maximum absolute atomic E-state index is 4.81. The Balaban J connectivity index is 1.14. The number of nitrogens with zero attached hydrogens (tertiary/aromatic N) is 3. The van der Waals surface area contributed by atoms with Crippen molar-refractivity contribution in [1.29, 1.82) is 0 Å². The van der Waals surface area contributed by atoms with Crippen molar-refractivity contribution in [1.82, 2.24) is 25.5 Å². The van der Waals surface area contributed by atoms with Crippen LogP contribution in [-0.4, -0.2) is 58.5 Å². The third-order valence-corrected chi connectivity index (χ3v) is 8.90. The van der Waals surface area contributed by atoms with Gasteiger partial charge in [0.2, 0.25) is 0 Å². The van der Waals surface area contributed by atoms with Gasteiger partial charge in [0.25, 0.3) is 0 Å². The molecule has 8 atom stereocenters. The maximum atomic E-state index is 4.81. The molecule has 6 nitrogen and oxygen atoms in total. The fourth-order valence-electron chi connectivity index (χ4n) is 6.39. The van der Waals surface area contributed by atoms with Gasteiger partial charge in [-0.3, -0.25) is 9.89 Å². The van der Waals surface area contributed by atoms with E-state index in [0.29, 0.717) is 30.0 Å². The van der Waals surface area contributed by atoms with Gasteiger partial charge in [0, 0.05) is 35.5 Å². The first-order valence-electron chi connectivity index (χ1n) is 14.1. The smallest absolute Gasteiger partial charge is 0.123 e. The number of hydrogen-bond donors (Lipinski definition) is 3. The molecule has 0 radical (unpaired) electrons. The predicted molar refractivity (Wildman–Crippen MR) is 161 cm³/mol. The highest BCUT2D eigenvalue weighted by atomic mass is 15.3. The minimum Gasteiger partial charge on any atom is -0.341 e. The van der Waals surface area contributed by atoms with E-state index in [2.05, 4.69) is 114 Å². The Hall–Kier alpha value is -3.50. The Labute approximate surface area is 231 Å². The third kappa shape index (κ3) is 4.98. The number of benzene rings is 2. The lowest BCUT2D eigenvalue weighted by Gasteiger charge is -2.26. The largest absolute Gasteiger partial charge is 0.341 e. The molecule has 3 aliphatic rings. The number of fused-ring (bicyclic) bond motifs is 1. The van der Waals surface area contributed by atoms with Crippen molar-refractivity contribution in [3.63, 3.8) is 0 Å². The van der Waals surface area contributed by atoms with Crippen LogP contribution in [0.25, 0.3) is 22.0 Å². The molecule has 1 aromatic heterocycles. The fraction of sp³-hybridized carbons (Fsp3) is 0.394. The summed E-state index contributed by atoms with van der Waals surface area (Å²) in [7, 11) is 2.12. The van der Waals surface area contributed by atoms with Crippen LogP contribution >= 0.6 is 0 Å². The maximum Gasteiger partial charge on any atom is 0.123 e. The van der Waals surface area contributed by atoms with Crippen molar-refractivity contribution < 1.29 is 0 Å². The highest BCUT2D eigenvalue weighted by molar-refractivity contribution is 5.88. The zero-order chi connectivity index (χ0) is 27.1. The van der Waals surface area contributed by atoms with Crippen LogP contribution < -0.4 is 10.6 Å². The Kier molecular flexibility index (Phi) is 6.99. The molecule has 0 spiro atoms. The minimum absolute atomic E-state index is 0.0154. The molecule has 0 bridgehead atoms. The summed E-state index contributed by atoms with van der Waals surface area (Å²) >= 11 is 0. The predicted octanol–water partition coefficient (Wildman–Crippen LogP) is 5.07. The second kappa shape index (κ2) is 10.6. The number of aromatic nitrogens is 2. The van der Waals surface area contributed by atoms with Crippen molar-refractivity contribution in [2.75, 3.05) is 7.05 Å². The van der Waals surface area contributed by atoms with Crippen LogP contribution in [0.4, 0.5) is 0 Å². The summed E-state index contributed by atoms with van der Waals surface area (Å²) in [6.07, 6.45) is 10.3. The van der Waals surface area contributed by atoms with Gasteiger partial charge in [0.15, 0.2) is 0 Å². The number of nitrogens with one attached hydrogen (secondary N) is 3. The average Bonchev–Trinajstić information content (AvgIpc) is 3.73. The van der Waals surface area contributed by atoms with E-state index in [-0.39, 0.29) is 18.2 Å². The van der Waals surface area contributed by atoms with Gasteiger partial charge in [-0.1, -0.05) is 42.2 Å². The highest BCUT2D eigenvalue weighted by Gasteiger charge is 2.39. The molecular weight excluding hydrogens is 480 g/mol. The van der Waals surface area contributed by atoms with Gasteiger partial charge >= 0.3 is 0 Å². The summed E-state index contributed by atoms with van der Waals surface area (Å²) in [5.74, 6) is 8.79. The number of rotatable bonds is 5. The Morgan fingerprint density at radius 3 is 2.49 bits per heavy atom. The van der Waals surface area contributed by atoms with Gasteiger partial charge in [0.05, 0.1) is 17.9 Å². The zero-order valence-corrected chi connectivity index (χ0v) is 23.1. The molecule has 6 rings (SSSR count). The van der Waals surface area contributed by atoms with E-state index in [9.17, 15) is 0 Å². The highest BCUT2D eigenvalue weighted by Crippen LogP contribution is 2.32. The van der Waals surface area contributed by atoms with E-state index in [1.165, 1.54) is 10.8 Å². The van der Waals surface area contributed by atoms with Crippen LogP contribution in [0.15, 0.2) is 72.9 Å². The van der Waals surface area contributed by atoms with Gasteiger partial charge in [-0.25, -0.2) is 4.98 Å². The molecular formula is C33H38N6. The quantitative estimate of drug-likeness (QED) is 0.326. The summed E-state index contributed by atoms with van der Waals surface area (Å²) in [4.78, 5) is 15.3. The molecule has 0 amide bonds. The fourth-order valence-corrected chi connectivity index (χ4v) is 6.39. The number of aromatic amines is 1. The molecule has 8 unspecified atom stereocenters. The number of hydrogen-bond acceptors (Lipinski definition) is 5. The summed E-state index contributed by atoms with van der Waals surface area (Å²) < 4.78 is 0. The molecule has 3 aromatic rings. The number of aliphatic imine (C=N–C) groups is 1. The Morgan fingerprint density at radius 2 is 1.72 bits per heavy atom. The standard InChI is InChI=1S/C33H38N6/c1-6-23-16-29(36-20(23)3)32-34-19-31(38-32)27-12-11-25-14-22(8-10-26(25)15-27)9-13-28-18-35-33(39(28)5)30-17-24(7-2)21(4)37-30/h6-8,10-12,14-15,18-21,23-24,28-30,33,36-37H,1-2,16-17H2,3-5H3,(H,34,38). The van der Waals surface area contributed by atoms with Crippen molar-refractivity contribution in [3.8, 4) is 23.1 Å². The SMILES string of the molecule is C=CC1CC(c2ncc(-c3ccc4cc(C#CC5C=NC(C6CC(C=C)C(C)N6)N5C)ccc4c3)[nH]2)NC1C. The van der Waals surface area contributed by atoms with Gasteiger partial charge in [-0.2, -0.15) is 0 Å². The van der Waals surface area contributed by atoms with Gasteiger partial charge in [0.1, 0.15) is 18.0 Å². The molecule has 2 fully saturated rings. The topological polar surface area (TPSA) is 68.3 Å². The van der Waals surface area contributed by atoms with E-state index < -0.39 is 0 Å². The third-order valence-electron chi connectivity index (χ3n) is 8.90. The Morgan fingerprint density at radius 1 is 0.974 bits per heavy atom. The normalized spacial score (nSPS) is 32.4. The number of likely N-dealkylation sites (N-methyl/N-ethyl adjacent to an activating group) is 1. The van der Waals surface area contributed by atoms with Crippen molar-refractivity contribution in [2.45, 2.75) is 63.1 Å². The lowest BCUT2D eigenvalue weighted by molar-refractivity contribution is 0.227. The average molecular weight is 519 g/mol. The van der Waals surface area contributed by atoms with Crippen LogP contribution in [0, 0.1) is 23.7 Å².